The maximum absolute atomic E-state index is 13.0. The first-order chi connectivity index (χ1) is 17.8. The third-order valence-corrected chi connectivity index (χ3v) is 6.91. The summed E-state index contributed by atoms with van der Waals surface area (Å²) >= 11 is 0. The molecule has 3 aromatic heterocycles. The molecule has 1 aromatic carbocycles. The van der Waals surface area contributed by atoms with Gasteiger partial charge in [-0.15, -0.1) is 0 Å². The Hall–Kier alpha value is -3.92. The molecule has 0 aliphatic carbocycles. The van der Waals surface area contributed by atoms with Gasteiger partial charge in [0.25, 0.3) is 5.56 Å². The number of rotatable bonds is 4. The molecule has 0 fully saturated rings. The van der Waals surface area contributed by atoms with Crippen LogP contribution in [0.25, 0.3) is 27.8 Å². The second kappa shape index (κ2) is 9.13. The van der Waals surface area contributed by atoms with Crippen LogP contribution >= 0.6 is 0 Å². The van der Waals surface area contributed by atoms with Crippen molar-refractivity contribution in [1.82, 2.24) is 19.0 Å². The number of hydrogen-bond donors (Lipinski definition) is 1. The number of hydrogen-bond acceptors (Lipinski definition) is 4. The monoisotopic (exact) mass is 524 g/mol. The first-order valence-electron chi connectivity index (χ1n) is 12.2. The average molecular weight is 525 g/mol. The van der Waals surface area contributed by atoms with Crippen LogP contribution < -0.4 is 5.56 Å². The molecule has 0 saturated carbocycles. The highest BCUT2D eigenvalue weighted by Gasteiger charge is 2.31. The van der Waals surface area contributed by atoms with E-state index in [4.69, 9.17) is 0 Å². The molecule has 10 heteroatoms. The zero-order valence-corrected chi connectivity index (χ0v) is 21.2. The lowest BCUT2D eigenvalue weighted by Crippen LogP contribution is -2.39. The second-order valence-electron chi connectivity index (χ2n) is 10.3. The van der Waals surface area contributed by atoms with Gasteiger partial charge in [0.1, 0.15) is 0 Å². The van der Waals surface area contributed by atoms with E-state index in [1.165, 1.54) is 16.7 Å². The third kappa shape index (κ3) is 4.83. The van der Waals surface area contributed by atoms with Gasteiger partial charge in [-0.25, -0.2) is 0 Å². The number of halogens is 3. The fourth-order valence-electron chi connectivity index (χ4n) is 4.99. The Labute approximate surface area is 216 Å². The zero-order chi connectivity index (χ0) is 27.4. The highest BCUT2D eigenvalue weighted by atomic mass is 19.4. The highest BCUT2D eigenvalue weighted by Crippen LogP contribution is 2.32. The summed E-state index contributed by atoms with van der Waals surface area (Å²) in [6.07, 6.45) is -1.41. The maximum atomic E-state index is 13.0. The van der Waals surface area contributed by atoms with Crippen molar-refractivity contribution < 1.29 is 23.1 Å². The van der Waals surface area contributed by atoms with Crippen LogP contribution in [0.4, 0.5) is 13.2 Å². The van der Waals surface area contributed by atoms with E-state index >= 15 is 0 Å². The van der Waals surface area contributed by atoms with Crippen molar-refractivity contribution in [2.75, 3.05) is 6.54 Å². The molecule has 4 aromatic rings. The minimum Gasteiger partial charge on any atom is -0.390 e. The van der Waals surface area contributed by atoms with E-state index in [-0.39, 0.29) is 23.6 Å². The van der Waals surface area contributed by atoms with Crippen LogP contribution in [0.15, 0.2) is 59.7 Å². The molecule has 0 radical (unpaired) electrons. The van der Waals surface area contributed by atoms with Crippen molar-refractivity contribution in [3.05, 3.63) is 82.0 Å². The molecular formula is C28H27F3N4O3. The topological polar surface area (TPSA) is 80.4 Å². The van der Waals surface area contributed by atoms with Crippen LogP contribution in [0.5, 0.6) is 0 Å². The maximum Gasteiger partial charge on any atom is 0.417 e. The lowest BCUT2D eigenvalue weighted by Gasteiger charge is -2.30. The second-order valence-corrected chi connectivity index (χ2v) is 10.3. The first-order valence-corrected chi connectivity index (χ1v) is 12.2. The van der Waals surface area contributed by atoms with Crippen LogP contribution in [0.2, 0.25) is 0 Å². The van der Waals surface area contributed by atoms with Gasteiger partial charge in [-0.2, -0.15) is 13.2 Å². The van der Waals surface area contributed by atoms with Crippen molar-refractivity contribution in [1.29, 1.82) is 0 Å². The van der Waals surface area contributed by atoms with E-state index in [0.29, 0.717) is 30.8 Å². The molecule has 1 amide bonds. The number of nitrogens with zero attached hydrogens (tertiary/aromatic N) is 4. The Balaban J connectivity index is 1.44. The van der Waals surface area contributed by atoms with Crippen LogP contribution in [-0.2, 0) is 31.0 Å². The summed E-state index contributed by atoms with van der Waals surface area (Å²) < 4.78 is 42.1. The molecule has 5 rings (SSSR count). The number of carbonyl (C=O) groups is 1. The van der Waals surface area contributed by atoms with Crippen LogP contribution in [0.3, 0.4) is 0 Å². The van der Waals surface area contributed by atoms with Gasteiger partial charge in [0.15, 0.2) is 0 Å². The SMILES string of the molecule is Cn1c2c(c3ccc(-n4ccc(-c5ccc(C(F)(F)F)cn5)cc4=O)cc31)CN(C(=O)CC(C)(C)O)CC2. The molecular weight excluding hydrogens is 497 g/mol. The van der Waals surface area contributed by atoms with Gasteiger partial charge >= 0.3 is 6.18 Å². The number of fused-ring (bicyclic) bond motifs is 3. The first kappa shape index (κ1) is 25.7. The van der Waals surface area contributed by atoms with E-state index in [1.807, 2.05) is 25.2 Å². The number of aliphatic hydroxyl groups is 1. The van der Waals surface area contributed by atoms with Crippen LogP contribution in [0.1, 0.15) is 37.1 Å². The van der Waals surface area contributed by atoms with Gasteiger partial charge in [0.05, 0.1) is 34.5 Å². The molecule has 0 unspecified atom stereocenters. The Morgan fingerprint density at radius 2 is 1.87 bits per heavy atom. The largest absolute Gasteiger partial charge is 0.417 e. The van der Waals surface area contributed by atoms with Crippen molar-refractivity contribution in [2.45, 2.75) is 45.0 Å². The molecule has 4 heterocycles. The van der Waals surface area contributed by atoms with Gasteiger partial charge in [0.2, 0.25) is 5.91 Å². The standard InChI is InChI=1S/C28H27F3N4O3/c1-27(2,38)14-26(37)34-10-9-23-21(16-34)20-6-5-19(13-24(20)33(23)3)35-11-8-17(12-25(35)36)22-7-4-18(15-32-22)28(29,30)31/h4-8,11-13,15,38H,9-10,14,16H2,1-3H3. The molecule has 38 heavy (non-hydrogen) atoms. The summed E-state index contributed by atoms with van der Waals surface area (Å²) in [5.74, 6) is -0.0917. The summed E-state index contributed by atoms with van der Waals surface area (Å²) in [4.78, 5) is 31.3. The Kier molecular flexibility index (Phi) is 6.18. The fourth-order valence-corrected chi connectivity index (χ4v) is 4.99. The van der Waals surface area contributed by atoms with Crippen molar-refractivity contribution in [2.24, 2.45) is 7.05 Å². The summed E-state index contributed by atoms with van der Waals surface area (Å²) in [6, 6.07) is 10.9. The molecule has 0 saturated heterocycles. The Morgan fingerprint density at radius 3 is 2.50 bits per heavy atom. The van der Waals surface area contributed by atoms with Gasteiger partial charge < -0.3 is 14.6 Å². The lowest BCUT2D eigenvalue weighted by atomic mass is 10.0. The Bertz CT molecular complexity index is 1600. The summed E-state index contributed by atoms with van der Waals surface area (Å²) in [6.45, 7) is 4.26. The van der Waals surface area contributed by atoms with Gasteiger partial charge in [-0.3, -0.25) is 19.1 Å². The number of benzene rings is 1. The number of aryl methyl sites for hydroxylation is 1. The molecule has 1 aliphatic heterocycles. The quantitative estimate of drug-likeness (QED) is 0.428. The number of amides is 1. The molecule has 7 nitrogen and oxygen atoms in total. The predicted molar refractivity (Wildman–Crippen MR) is 137 cm³/mol. The molecule has 1 N–H and O–H groups in total. The van der Waals surface area contributed by atoms with Crippen molar-refractivity contribution >= 4 is 16.8 Å². The number of carbonyl (C=O) groups excluding carboxylic acids is 1. The molecule has 0 atom stereocenters. The summed E-state index contributed by atoms with van der Waals surface area (Å²) in [7, 11) is 1.96. The van der Waals surface area contributed by atoms with E-state index in [0.717, 1.165) is 34.4 Å². The number of pyridine rings is 2. The molecule has 1 aliphatic rings. The normalized spacial score (nSPS) is 14.1. The Morgan fingerprint density at radius 1 is 1.11 bits per heavy atom. The minimum atomic E-state index is -4.48. The number of aromatic nitrogens is 3. The van der Waals surface area contributed by atoms with Crippen LogP contribution in [0, 0.1) is 0 Å². The lowest BCUT2D eigenvalue weighted by molar-refractivity contribution is -0.138. The van der Waals surface area contributed by atoms with Gasteiger partial charge in [0, 0.05) is 67.2 Å². The van der Waals surface area contributed by atoms with Gasteiger partial charge in [-0.1, -0.05) is 6.07 Å². The minimum absolute atomic E-state index is 0.0537. The van der Waals surface area contributed by atoms with Crippen LogP contribution in [-0.4, -0.2) is 42.2 Å². The summed E-state index contributed by atoms with van der Waals surface area (Å²) in [5.41, 5.74) is 2.18. The molecule has 198 valence electrons. The van der Waals surface area contributed by atoms with E-state index in [2.05, 4.69) is 9.55 Å². The van der Waals surface area contributed by atoms with E-state index in [1.54, 1.807) is 31.0 Å². The van der Waals surface area contributed by atoms with E-state index < -0.39 is 17.3 Å². The smallest absolute Gasteiger partial charge is 0.390 e. The average Bonchev–Trinajstić information content (AvgIpc) is 3.13. The summed E-state index contributed by atoms with van der Waals surface area (Å²) in [5, 5.41) is 11.0. The van der Waals surface area contributed by atoms with E-state index in [9.17, 15) is 27.9 Å². The fraction of sp³-hybridized carbons (Fsp3) is 0.321. The predicted octanol–water partition coefficient (Wildman–Crippen LogP) is 4.46. The third-order valence-electron chi connectivity index (χ3n) is 6.91. The molecule has 0 bridgehead atoms. The van der Waals surface area contributed by atoms with Crippen molar-refractivity contribution in [3.8, 4) is 16.9 Å². The van der Waals surface area contributed by atoms with Crippen molar-refractivity contribution in [3.63, 3.8) is 0 Å². The molecule has 0 spiro atoms. The van der Waals surface area contributed by atoms with Gasteiger partial charge in [-0.05, 0) is 44.2 Å². The highest BCUT2D eigenvalue weighted by molar-refractivity contribution is 5.88. The zero-order valence-electron chi connectivity index (χ0n) is 21.2. The number of alkyl halides is 3.